The van der Waals surface area contributed by atoms with Gasteiger partial charge in [-0.15, -0.1) is 0 Å². The van der Waals surface area contributed by atoms with E-state index in [1.807, 2.05) is 0 Å². The summed E-state index contributed by atoms with van der Waals surface area (Å²) >= 11 is 0. The zero-order chi connectivity index (χ0) is 20.5. The maximum atomic E-state index is 12.7. The maximum absolute atomic E-state index is 12.7. The zero-order valence-corrected chi connectivity index (χ0v) is 14.0. The first-order chi connectivity index (χ1) is 13.1. The Balaban J connectivity index is 1.73. The van der Waals surface area contributed by atoms with Crippen LogP contribution in [0.5, 0.6) is 0 Å². The van der Waals surface area contributed by atoms with Gasteiger partial charge in [-0.3, -0.25) is 19.5 Å². The van der Waals surface area contributed by atoms with Gasteiger partial charge in [0.1, 0.15) is 6.54 Å². The number of nitrogens with zero attached hydrogens (tertiary/aromatic N) is 2. The summed E-state index contributed by atoms with van der Waals surface area (Å²) in [5, 5.41) is 13.2. The molecule has 0 aliphatic carbocycles. The number of halogens is 3. The molecule has 0 spiro atoms. The fourth-order valence-corrected chi connectivity index (χ4v) is 2.58. The Morgan fingerprint density at radius 1 is 1.21 bits per heavy atom. The Morgan fingerprint density at radius 3 is 2.64 bits per heavy atom. The molecule has 3 aromatic rings. The van der Waals surface area contributed by atoms with Crippen molar-refractivity contribution in [1.82, 2.24) is 9.88 Å². The van der Waals surface area contributed by atoms with Crippen LogP contribution in [0.4, 0.5) is 18.9 Å². The maximum Gasteiger partial charge on any atom is 0.420 e. The number of alkyl halides is 3. The molecule has 1 amide bonds. The minimum Gasteiger partial charge on any atom is -0.407 e. The molecule has 8 nitrogen and oxygen atoms in total. The average molecular weight is 395 g/mol. The number of nitro benzene ring substituents is 1. The highest BCUT2D eigenvalue weighted by Gasteiger charge is 2.30. The van der Waals surface area contributed by atoms with Crippen LogP contribution >= 0.6 is 0 Å². The molecule has 0 saturated carbocycles. The molecule has 1 aromatic heterocycles. The molecule has 0 saturated heterocycles. The topological polar surface area (TPSA) is 107 Å². The van der Waals surface area contributed by atoms with Crippen molar-refractivity contribution in [2.75, 3.05) is 0 Å². The number of amides is 1. The lowest BCUT2D eigenvalue weighted by molar-refractivity contribution is -0.384. The molecule has 3 rings (SSSR count). The molecule has 1 heterocycles. The van der Waals surface area contributed by atoms with Gasteiger partial charge >= 0.3 is 11.9 Å². The van der Waals surface area contributed by atoms with Crippen LogP contribution in [0.25, 0.3) is 11.1 Å². The van der Waals surface area contributed by atoms with Crippen LogP contribution in [0.3, 0.4) is 0 Å². The number of nitro groups is 1. The minimum absolute atomic E-state index is 0.0510. The van der Waals surface area contributed by atoms with E-state index in [-0.39, 0.29) is 28.9 Å². The van der Waals surface area contributed by atoms with E-state index in [9.17, 15) is 32.9 Å². The number of nitrogens with one attached hydrogen (secondary N) is 1. The number of aromatic nitrogens is 1. The largest absolute Gasteiger partial charge is 0.420 e. The number of oxazole rings is 1. The van der Waals surface area contributed by atoms with Crippen molar-refractivity contribution in [2.45, 2.75) is 19.3 Å². The van der Waals surface area contributed by atoms with E-state index in [1.54, 1.807) is 0 Å². The van der Waals surface area contributed by atoms with E-state index in [0.29, 0.717) is 0 Å². The highest BCUT2D eigenvalue weighted by Crippen LogP contribution is 2.29. The minimum atomic E-state index is -4.49. The third kappa shape index (κ3) is 4.03. The Kier molecular flexibility index (Phi) is 4.91. The summed E-state index contributed by atoms with van der Waals surface area (Å²) in [6, 6.07) is 7.99. The van der Waals surface area contributed by atoms with E-state index in [0.717, 1.165) is 28.8 Å². The number of rotatable bonds is 5. The third-order valence-electron chi connectivity index (χ3n) is 3.91. The Morgan fingerprint density at radius 2 is 1.96 bits per heavy atom. The summed E-state index contributed by atoms with van der Waals surface area (Å²) in [6.45, 7) is -0.624. The second kappa shape index (κ2) is 7.18. The molecule has 0 fully saturated rings. The van der Waals surface area contributed by atoms with Crippen molar-refractivity contribution in [3.05, 3.63) is 74.3 Å². The lowest BCUT2D eigenvalue weighted by Crippen LogP contribution is -2.30. The second-order valence-electron chi connectivity index (χ2n) is 5.84. The summed E-state index contributed by atoms with van der Waals surface area (Å²) < 4.78 is 44.0. The van der Waals surface area contributed by atoms with Gasteiger partial charge in [0.15, 0.2) is 5.58 Å². The molecule has 0 unspecified atom stereocenters. The van der Waals surface area contributed by atoms with Crippen LogP contribution in [0.1, 0.15) is 11.1 Å². The molecule has 11 heteroatoms. The van der Waals surface area contributed by atoms with Crippen molar-refractivity contribution in [3.63, 3.8) is 0 Å². The molecule has 0 aliphatic heterocycles. The van der Waals surface area contributed by atoms with Gasteiger partial charge in [0.05, 0.1) is 22.1 Å². The van der Waals surface area contributed by atoms with Crippen LogP contribution < -0.4 is 11.1 Å². The van der Waals surface area contributed by atoms with E-state index >= 15 is 0 Å². The van der Waals surface area contributed by atoms with Crippen LogP contribution in [-0.4, -0.2) is 15.4 Å². The molecule has 2 aromatic carbocycles. The summed E-state index contributed by atoms with van der Waals surface area (Å²) in [6.07, 6.45) is -4.49. The normalized spacial score (nSPS) is 11.5. The monoisotopic (exact) mass is 395 g/mol. The molecule has 0 aliphatic rings. The van der Waals surface area contributed by atoms with Gasteiger partial charge in [-0.2, -0.15) is 13.2 Å². The molecule has 28 heavy (non-hydrogen) atoms. The molecular formula is C17H12F3N3O5. The van der Waals surface area contributed by atoms with Crippen molar-refractivity contribution < 1.29 is 27.3 Å². The SMILES string of the molecule is O=C(Cn1c(=O)oc2cc([N+](=O)[O-])ccc21)NCc1cccc(C(F)(F)F)c1. The van der Waals surface area contributed by atoms with Gasteiger partial charge < -0.3 is 9.73 Å². The lowest BCUT2D eigenvalue weighted by Gasteiger charge is -2.10. The summed E-state index contributed by atoms with van der Waals surface area (Å²) in [4.78, 5) is 34.1. The predicted molar refractivity (Wildman–Crippen MR) is 90.4 cm³/mol. The van der Waals surface area contributed by atoms with Crippen LogP contribution in [0.2, 0.25) is 0 Å². The first-order valence-corrected chi connectivity index (χ1v) is 7.86. The number of hydrogen-bond donors (Lipinski definition) is 1. The standard InChI is InChI=1S/C17H12F3N3O5/c18-17(19,20)11-3-1-2-10(6-11)8-21-15(24)9-22-13-5-4-12(23(26)27)7-14(13)28-16(22)25/h1-7H,8-9H2,(H,21,24). The molecule has 0 radical (unpaired) electrons. The van der Waals surface area contributed by atoms with Gasteiger partial charge in [-0.25, -0.2) is 4.79 Å². The number of carbonyl (C=O) groups excluding carboxylic acids is 1. The van der Waals surface area contributed by atoms with Gasteiger partial charge in [0, 0.05) is 12.6 Å². The van der Waals surface area contributed by atoms with Gasteiger partial charge in [0.25, 0.3) is 5.69 Å². The second-order valence-corrected chi connectivity index (χ2v) is 5.84. The number of hydrogen-bond acceptors (Lipinski definition) is 5. The van der Waals surface area contributed by atoms with E-state index < -0.39 is 34.9 Å². The number of fused-ring (bicyclic) bond motifs is 1. The quantitative estimate of drug-likeness (QED) is 0.528. The van der Waals surface area contributed by atoms with E-state index in [1.165, 1.54) is 18.2 Å². The first kappa shape index (κ1) is 19.1. The van der Waals surface area contributed by atoms with Crippen LogP contribution in [-0.2, 0) is 24.1 Å². The summed E-state index contributed by atoms with van der Waals surface area (Å²) in [5.41, 5.74) is -0.738. The lowest BCUT2D eigenvalue weighted by atomic mass is 10.1. The Labute approximate surface area is 154 Å². The summed E-state index contributed by atoms with van der Waals surface area (Å²) in [7, 11) is 0. The smallest absolute Gasteiger partial charge is 0.407 e. The Bertz CT molecular complexity index is 1120. The van der Waals surface area contributed by atoms with E-state index in [2.05, 4.69) is 5.32 Å². The average Bonchev–Trinajstić information content (AvgIpc) is 2.94. The van der Waals surface area contributed by atoms with Crippen molar-refractivity contribution in [3.8, 4) is 0 Å². The van der Waals surface area contributed by atoms with Crippen molar-refractivity contribution >= 4 is 22.7 Å². The predicted octanol–water partition coefficient (Wildman–Crippen LogP) is 2.84. The zero-order valence-electron chi connectivity index (χ0n) is 14.0. The molecule has 1 N–H and O–H groups in total. The Hall–Kier alpha value is -3.63. The molecular weight excluding hydrogens is 383 g/mol. The number of non-ortho nitro benzene ring substituents is 1. The van der Waals surface area contributed by atoms with Crippen molar-refractivity contribution in [1.29, 1.82) is 0 Å². The first-order valence-electron chi connectivity index (χ1n) is 7.86. The van der Waals surface area contributed by atoms with Gasteiger partial charge in [-0.05, 0) is 23.8 Å². The molecule has 0 atom stereocenters. The molecule has 146 valence electrons. The van der Waals surface area contributed by atoms with Gasteiger partial charge in [0.2, 0.25) is 5.91 Å². The number of carbonyl (C=O) groups is 1. The summed E-state index contributed by atoms with van der Waals surface area (Å²) in [5.74, 6) is -1.52. The van der Waals surface area contributed by atoms with Gasteiger partial charge in [-0.1, -0.05) is 12.1 Å². The van der Waals surface area contributed by atoms with E-state index in [4.69, 9.17) is 4.42 Å². The van der Waals surface area contributed by atoms with Crippen LogP contribution in [0, 0.1) is 10.1 Å². The highest BCUT2D eigenvalue weighted by atomic mass is 19.4. The fraction of sp³-hybridized carbons (Fsp3) is 0.176. The number of benzene rings is 2. The molecule has 0 bridgehead atoms. The fourth-order valence-electron chi connectivity index (χ4n) is 2.58. The highest BCUT2D eigenvalue weighted by molar-refractivity contribution is 5.80. The third-order valence-corrected chi connectivity index (χ3v) is 3.91. The van der Waals surface area contributed by atoms with Crippen molar-refractivity contribution in [2.24, 2.45) is 0 Å². The van der Waals surface area contributed by atoms with Crippen LogP contribution in [0.15, 0.2) is 51.7 Å².